The van der Waals surface area contributed by atoms with E-state index in [-0.39, 0.29) is 12.1 Å². The number of nitrogens with zero attached hydrogens (tertiary/aromatic N) is 1. The molecular weight excluding hydrogens is 208 g/mol. The lowest BCUT2D eigenvalue weighted by Gasteiger charge is -2.33. The van der Waals surface area contributed by atoms with Crippen LogP contribution in [0.2, 0.25) is 0 Å². The molecule has 0 aromatic carbocycles. The van der Waals surface area contributed by atoms with Crippen LogP contribution in [0.3, 0.4) is 0 Å². The Hall–Kier alpha value is -0.650. The predicted molar refractivity (Wildman–Crippen MR) is 63.4 cm³/mol. The molecule has 0 heterocycles. The van der Waals surface area contributed by atoms with Gasteiger partial charge in [0.2, 0.25) is 0 Å². The first-order valence-corrected chi connectivity index (χ1v) is 5.39. The van der Waals surface area contributed by atoms with Gasteiger partial charge in [-0.15, -0.1) is 0 Å². The van der Waals surface area contributed by atoms with Crippen LogP contribution < -0.4 is 5.32 Å². The predicted octanol–water partition coefficient (Wildman–Crippen LogP) is 0.104. The van der Waals surface area contributed by atoms with Gasteiger partial charge in [-0.2, -0.15) is 0 Å². The van der Waals surface area contributed by atoms with E-state index in [1.54, 1.807) is 14.0 Å². The highest BCUT2D eigenvalue weighted by molar-refractivity contribution is 5.81. The van der Waals surface area contributed by atoms with Gasteiger partial charge in [-0.1, -0.05) is 0 Å². The fraction of sp³-hybridized carbons (Fsp3) is 0.909. The lowest BCUT2D eigenvalue weighted by atomic mass is 9.95. The highest BCUT2D eigenvalue weighted by Gasteiger charge is 2.39. The van der Waals surface area contributed by atoms with Crippen molar-refractivity contribution in [1.29, 1.82) is 0 Å². The standard InChI is InChI=1S/C11H24N2O3/c1-9(15-5)11(2,10(14)16-6)12-7-8-13(3)4/h9,12H,7-8H2,1-6H3. The van der Waals surface area contributed by atoms with E-state index in [1.807, 2.05) is 25.9 Å². The molecule has 16 heavy (non-hydrogen) atoms. The molecule has 0 radical (unpaired) electrons. The Labute approximate surface area is 98.1 Å². The number of carbonyl (C=O) groups excluding carboxylic acids is 1. The zero-order valence-electron chi connectivity index (χ0n) is 11.2. The molecule has 0 aromatic heterocycles. The van der Waals surface area contributed by atoms with E-state index in [9.17, 15) is 4.79 Å². The molecule has 0 aliphatic heterocycles. The number of nitrogens with one attached hydrogen (secondary N) is 1. The van der Waals surface area contributed by atoms with Crippen molar-refractivity contribution in [2.45, 2.75) is 25.5 Å². The van der Waals surface area contributed by atoms with Gasteiger partial charge in [0.05, 0.1) is 13.2 Å². The van der Waals surface area contributed by atoms with Gasteiger partial charge >= 0.3 is 5.97 Å². The van der Waals surface area contributed by atoms with Crippen LogP contribution in [-0.2, 0) is 14.3 Å². The Balaban J connectivity index is 4.48. The summed E-state index contributed by atoms with van der Waals surface area (Å²) in [6.07, 6.45) is -0.248. The highest BCUT2D eigenvalue weighted by Crippen LogP contribution is 2.14. The second kappa shape index (κ2) is 6.83. The van der Waals surface area contributed by atoms with Crippen LogP contribution in [0.1, 0.15) is 13.8 Å². The van der Waals surface area contributed by atoms with Crippen LogP contribution in [0.15, 0.2) is 0 Å². The Morgan fingerprint density at radius 1 is 1.44 bits per heavy atom. The molecule has 2 atom stereocenters. The van der Waals surface area contributed by atoms with E-state index in [1.165, 1.54) is 7.11 Å². The van der Waals surface area contributed by atoms with Crippen molar-refractivity contribution in [1.82, 2.24) is 10.2 Å². The molecule has 0 aliphatic rings. The maximum atomic E-state index is 11.7. The second-order valence-corrected chi connectivity index (χ2v) is 4.30. The molecule has 0 fully saturated rings. The third-order valence-corrected chi connectivity index (χ3v) is 2.83. The number of ether oxygens (including phenoxy) is 2. The van der Waals surface area contributed by atoms with Crippen molar-refractivity contribution in [3.8, 4) is 0 Å². The number of methoxy groups -OCH3 is 2. The van der Waals surface area contributed by atoms with Crippen LogP contribution in [-0.4, -0.2) is 63.9 Å². The molecule has 1 N–H and O–H groups in total. The van der Waals surface area contributed by atoms with E-state index >= 15 is 0 Å². The average Bonchev–Trinajstić information content (AvgIpc) is 2.25. The van der Waals surface area contributed by atoms with Gasteiger partial charge < -0.3 is 14.4 Å². The molecule has 0 saturated carbocycles. The second-order valence-electron chi connectivity index (χ2n) is 4.30. The SMILES string of the molecule is COC(=O)C(C)(NCCN(C)C)C(C)OC. The van der Waals surface area contributed by atoms with Crippen molar-refractivity contribution in [3.05, 3.63) is 0 Å². The average molecular weight is 232 g/mol. The van der Waals surface area contributed by atoms with Crippen molar-refractivity contribution < 1.29 is 14.3 Å². The Bertz CT molecular complexity index is 221. The summed E-state index contributed by atoms with van der Waals surface area (Å²) >= 11 is 0. The molecule has 2 unspecified atom stereocenters. The van der Waals surface area contributed by atoms with Crippen LogP contribution in [0, 0.1) is 0 Å². The topological polar surface area (TPSA) is 50.8 Å². The zero-order chi connectivity index (χ0) is 12.8. The molecule has 0 aliphatic carbocycles. The maximum Gasteiger partial charge on any atom is 0.328 e. The number of esters is 1. The largest absolute Gasteiger partial charge is 0.468 e. The summed E-state index contributed by atoms with van der Waals surface area (Å²) in [5.74, 6) is -0.305. The summed E-state index contributed by atoms with van der Waals surface area (Å²) in [4.78, 5) is 13.8. The Kier molecular flexibility index (Phi) is 6.55. The first-order valence-electron chi connectivity index (χ1n) is 5.39. The fourth-order valence-electron chi connectivity index (χ4n) is 1.37. The number of hydrogen-bond acceptors (Lipinski definition) is 5. The molecule has 5 heteroatoms. The minimum absolute atomic E-state index is 0.248. The van der Waals surface area contributed by atoms with Gasteiger partial charge in [0.15, 0.2) is 0 Å². The first-order chi connectivity index (χ1) is 7.38. The Morgan fingerprint density at radius 3 is 2.38 bits per heavy atom. The number of likely N-dealkylation sites (N-methyl/N-ethyl adjacent to an activating group) is 1. The third-order valence-electron chi connectivity index (χ3n) is 2.83. The third kappa shape index (κ3) is 4.08. The van der Waals surface area contributed by atoms with Gasteiger partial charge in [0.1, 0.15) is 5.54 Å². The normalized spacial score (nSPS) is 16.9. The van der Waals surface area contributed by atoms with Crippen molar-refractivity contribution in [2.75, 3.05) is 41.4 Å². The number of rotatable bonds is 7. The van der Waals surface area contributed by atoms with Gasteiger partial charge in [-0.25, -0.2) is 4.79 Å². The maximum absolute atomic E-state index is 11.7. The monoisotopic (exact) mass is 232 g/mol. The van der Waals surface area contributed by atoms with Gasteiger partial charge in [-0.3, -0.25) is 5.32 Å². The molecular formula is C11H24N2O3. The zero-order valence-corrected chi connectivity index (χ0v) is 11.2. The van der Waals surface area contributed by atoms with Crippen LogP contribution in [0.25, 0.3) is 0 Å². The molecule has 0 spiro atoms. The molecule has 0 bridgehead atoms. The number of hydrogen-bond donors (Lipinski definition) is 1. The van der Waals surface area contributed by atoms with Crippen molar-refractivity contribution in [3.63, 3.8) is 0 Å². The van der Waals surface area contributed by atoms with Crippen LogP contribution >= 0.6 is 0 Å². The smallest absolute Gasteiger partial charge is 0.328 e. The fourth-order valence-corrected chi connectivity index (χ4v) is 1.37. The minimum atomic E-state index is -0.806. The molecule has 0 rings (SSSR count). The molecule has 0 aromatic rings. The Morgan fingerprint density at radius 2 is 2.00 bits per heavy atom. The molecule has 5 nitrogen and oxygen atoms in total. The summed E-state index contributed by atoms with van der Waals surface area (Å²) in [6, 6.07) is 0. The van der Waals surface area contributed by atoms with E-state index in [0.717, 1.165) is 6.54 Å². The summed E-state index contributed by atoms with van der Waals surface area (Å²) < 4.78 is 10.0. The van der Waals surface area contributed by atoms with Gasteiger partial charge in [0.25, 0.3) is 0 Å². The molecule has 96 valence electrons. The lowest BCUT2D eigenvalue weighted by molar-refractivity contribution is -0.153. The lowest BCUT2D eigenvalue weighted by Crippen LogP contribution is -2.59. The quantitative estimate of drug-likeness (QED) is 0.631. The summed E-state index contributed by atoms with van der Waals surface area (Å²) in [5, 5.41) is 3.19. The minimum Gasteiger partial charge on any atom is -0.468 e. The molecule has 0 saturated heterocycles. The van der Waals surface area contributed by atoms with E-state index in [2.05, 4.69) is 5.32 Å². The van der Waals surface area contributed by atoms with Gasteiger partial charge in [0, 0.05) is 20.2 Å². The summed E-state index contributed by atoms with van der Waals surface area (Å²) in [6.45, 7) is 5.19. The van der Waals surface area contributed by atoms with Gasteiger partial charge in [-0.05, 0) is 27.9 Å². The van der Waals surface area contributed by atoms with E-state index in [0.29, 0.717) is 6.54 Å². The van der Waals surface area contributed by atoms with Crippen molar-refractivity contribution >= 4 is 5.97 Å². The van der Waals surface area contributed by atoms with E-state index < -0.39 is 5.54 Å². The number of carbonyl (C=O) groups is 1. The van der Waals surface area contributed by atoms with Crippen LogP contribution in [0.4, 0.5) is 0 Å². The summed E-state index contributed by atoms with van der Waals surface area (Å²) in [5.41, 5.74) is -0.806. The first kappa shape index (κ1) is 15.3. The van der Waals surface area contributed by atoms with Crippen LogP contribution in [0.5, 0.6) is 0 Å². The van der Waals surface area contributed by atoms with Crippen molar-refractivity contribution in [2.24, 2.45) is 0 Å². The molecule has 0 amide bonds. The highest BCUT2D eigenvalue weighted by atomic mass is 16.5. The summed E-state index contributed by atoms with van der Waals surface area (Å²) in [7, 11) is 6.93. The van der Waals surface area contributed by atoms with E-state index in [4.69, 9.17) is 9.47 Å².